The topological polar surface area (TPSA) is 44.5 Å². The van der Waals surface area contributed by atoms with Gasteiger partial charge in [-0.25, -0.2) is 0 Å². The molecule has 0 spiro atoms. The molecule has 1 saturated heterocycles. The minimum absolute atomic E-state index is 0.110. The predicted molar refractivity (Wildman–Crippen MR) is 72.9 cm³/mol. The van der Waals surface area contributed by atoms with Gasteiger partial charge in [0, 0.05) is 19.3 Å². The molecule has 1 atom stereocenters. The molecular weight excluding hydrogens is 226 g/mol. The summed E-state index contributed by atoms with van der Waals surface area (Å²) in [5.74, 6) is 1.47. The zero-order valence-corrected chi connectivity index (χ0v) is 11.5. The first-order valence-corrected chi connectivity index (χ1v) is 6.62. The Labute approximate surface area is 109 Å². The van der Waals surface area contributed by atoms with Crippen LogP contribution in [0.3, 0.4) is 0 Å². The molecule has 3 nitrogen and oxygen atoms in total. The second-order valence-electron chi connectivity index (χ2n) is 5.15. The van der Waals surface area contributed by atoms with Gasteiger partial charge in [-0.15, -0.1) is 0 Å². The smallest absolute Gasteiger partial charge is 0.122 e. The Morgan fingerprint density at radius 2 is 1.89 bits per heavy atom. The lowest BCUT2D eigenvalue weighted by Crippen LogP contribution is -2.28. The van der Waals surface area contributed by atoms with Gasteiger partial charge in [0.1, 0.15) is 5.75 Å². The molecule has 1 aromatic rings. The quantitative estimate of drug-likeness (QED) is 0.895. The van der Waals surface area contributed by atoms with Crippen LogP contribution in [0, 0.1) is 19.8 Å². The number of nitrogens with two attached hydrogens (primary N) is 1. The fraction of sp³-hybridized carbons (Fsp3) is 0.600. The molecule has 1 aliphatic heterocycles. The molecule has 100 valence electrons. The maximum atomic E-state index is 6.43. The Hall–Kier alpha value is -1.06. The van der Waals surface area contributed by atoms with E-state index < -0.39 is 0 Å². The van der Waals surface area contributed by atoms with E-state index in [-0.39, 0.29) is 6.04 Å². The number of hydrogen-bond donors (Lipinski definition) is 1. The van der Waals surface area contributed by atoms with Gasteiger partial charge >= 0.3 is 0 Å². The Morgan fingerprint density at radius 1 is 1.22 bits per heavy atom. The summed E-state index contributed by atoms with van der Waals surface area (Å²) in [7, 11) is 1.71. The van der Waals surface area contributed by atoms with Crippen molar-refractivity contribution in [2.24, 2.45) is 11.7 Å². The van der Waals surface area contributed by atoms with Gasteiger partial charge in [-0.1, -0.05) is 6.07 Å². The number of hydrogen-bond acceptors (Lipinski definition) is 3. The lowest BCUT2D eigenvalue weighted by molar-refractivity contribution is 0.0583. The van der Waals surface area contributed by atoms with Crippen molar-refractivity contribution in [1.82, 2.24) is 0 Å². The second-order valence-corrected chi connectivity index (χ2v) is 5.15. The van der Waals surface area contributed by atoms with Crippen LogP contribution >= 0.6 is 0 Å². The van der Waals surface area contributed by atoms with Crippen molar-refractivity contribution in [2.45, 2.75) is 32.7 Å². The van der Waals surface area contributed by atoms with E-state index in [2.05, 4.69) is 26.0 Å². The second kappa shape index (κ2) is 5.72. The van der Waals surface area contributed by atoms with Crippen LogP contribution in [0.1, 0.15) is 35.6 Å². The Morgan fingerprint density at radius 3 is 2.50 bits per heavy atom. The highest BCUT2D eigenvalue weighted by atomic mass is 16.5. The van der Waals surface area contributed by atoms with Gasteiger partial charge in [-0.3, -0.25) is 0 Å². The molecule has 1 unspecified atom stereocenters. The Kier molecular flexibility index (Phi) is 4.25. The van der Waals surface area contributed by atoms with Gasteiger partial charge in [-0.2, -0.15) is 0 Å². The summed E-state index contributed by atoms with van der Waals surface area (Å²) in [5, 5.41) is 0. The minimum Gasteiger partial charge on any atom is -0.496 e. The summed E-state index contributed by atoms with van der Waals surface area (Å²) in [6.45, 7) is 5.86. The lowest BCUT2D eigenvalue weighted by atomic mass is 9.85. The standard InChI is InChI=1S/C15H23NO2/c1-10-9-14(17-3)11(2)8-13(10)15(16)12-4-6-18-7-5-12/h8-9,12,15H,4-7,16H2,1-3H3. The van der Waals surface area contributed by atoms with Crippen LogP contribution in [-0.2, 0) is 4.74 Å². The summed E-state index contributed by atoms with van der Waals surface area (Å²) in [6, 6.07) is 4.37. The fourth-order valence-corrected chi connectivity index (χ4v) is 2.72. The molecule has 0 bridgehead atoms. The van der Waals surface area contributed by atoms with Crippen LogP contribution in [0.5, 0.6) is 5.75 Å². The van der Waals surface area contributed by atoms with E-state index in [1.54, 1.807) is 7.11 Å². The van der Waals surface area contributed by atoms with Crippen molar-refractivity contribution >= 4 is 0 Å². The van der Waals surface area contributed by atoms with Gasteiger partial charge in [0.15, 0.2) is 0 Å². The van der Waals surface area contributed by atoms with Gasteiger partial charge in [0.05, 0.1) is 7.11 Å². The first kappa shape index (κ1) is 13.4. The molecule has 3 heteroatoms. The third-order valence-electron chi connectivity index (χ3n) is 3.92. The van der Waals surface area contributed by atoms with E-state index in [0.717, 1.165) is 37.4 Å². The molecule has 2 rings (SSSR count). The Bertz CT molecular complexity index is 411. The first-order valence-electron chi connectivity index (χ1n) is 6.62. The lowest BCUT2D eigenvalue weighted by Gasteiger charge is -2.29. The zero-order valence-electron chi connectivity index (χ0n) is 11.5. The van der Waals surface area contributed by atoms with Gasteiger partial charge < -0.3 is 15.2 Å². The minimum atomic E-state index is 0.110. The highest BCUT2D eigenvalue weighted by molar-refractivity contribution is 5.43. The van der Waals surface area contributed by atoms with Crippen LogP contribution < -0.4 is 10.5 Å². The van der Waals surface area contributed by atoms with Gasteiger partial charge in [0.2, 0.25) is 0 Å². The SMILES string of the molecule is COc1cc(C)c(C(N)C2CCOCC2)cc1C. The highest BCUT2D eigenvalue weighted by Gasteiger charge is 2.23. The molecule has 0 aliphatic carbocycles. The largest absolute Gasteiger partial charge is 0.496 e. The van der Waals surface area contributed by atoms with Crippen LogP contribution in [0.15, 0.2) is 12.1 Å². The van der Waals surface area contributed by atoms with E-state index >= 15 is 0 Å². The van der Waals surface area contributed by atoms with Crippen LogP contribution in [0.4, 0.5) is 0 Å². The summed E-state index contributed by atoms with van der Waals surface area (Å²) in [5.41, 5.74) is 10.1. The van der Waals surface area contributed by atoms with Crippen LogP contribution in [0.2, 0.25) is 0 Å². The van der Waals surface area contributed by atoms with E-state index in [1.807, 2.05) is 0 Å². The zero-order chi connectivity index (χ0) is 13.1. The van der Waals surface area contributed by atoms with E-state index in [1.165, 1.54) is 11.1 Å². The molecule has 1 aromatic carbocycles. The van der Waals surface area contributed by atoms with Crippen molar-refractivity contribution in [3.8, 4) is 5.75 Å². The van der Waals surface area contributed by atoms with E-state index in [0.29, 0.717) is 5.92 Å². The van der Waals surface area contributed by atoms with Crippen molar-refractivity contribution in [1.29, 1.82) is 0 Å². The van der Waals surface area contributed by atoms with Crippen molar-refractivity contribution in [3.63, 3.8) is 0 Å². The predicted octanol–water partition coefficient (Wildman–Crippen LogP) is 2.74. The summed E-state index contributed by atoms with van der Waals surface area (Å²) >= 11 is 0. The van der Waals surface area contributed by atoms with E-state index in [9.17, 15) is 0 Å². The monoisotopic (exact) mass is 249 g/mol. The molecular formula is C15H23NO2. The molecule has 0 radical (unpaired) electrons. The first-order chi connectivity index (χ1) is 8.63. The third-order valence-corrected chi connectivity index (χ3v) is 3.92. The van der Waals surface area contributed by atoms with Crippen LogP contribution in [0.25, 0.3) is 0 Å². The number of ether oxygens (including phenoxy) is 2. The molecule has 2 N–H and O–H groups in total. The molecule has 0 saturated carbocycles. The van der Waals surface area contributed by atoms with Gasteiger partial charge in [0.25, 0.3) is 0 Å². The number of methoxy groups -OCH3 is 1. The molecule has 0 amide bonds. The maximum Gasteiger partial charge on any atom is 0.122 e. The van der Waals surface area contributed by atoms with Crippen molar-refractivity contribution < 1.29 is 9.47 Å². The number of aryl methyl sites for hydroxylation is 2. The average Bonchev–Trinajstić information content (AvgIpc) is 2.41. The third kappa shape index (κ3) is 2.68. The molecule has 1 heterocycles. The summed E-state index contributed by atoms with van der Waals surface area (Å²) in [4.78, 5) is 0. The normalized spacial score (nSPS) is 18.7. The fourth-order valence-electron chi connectivity index (χ4n) is 2.72. The molecule has 1 aliphatic rings. The highest BCUT2D eigenvalue weighted by Crippen LogP contribution is 2.32. The number of benzene rings is 1. The van der Waals surface area contributed by atoms with Crippen LogP contribution in [-0.4, -0.2) is 20.3 Å². The summed E-state index contributed by atoms with van der Waals surface area (Å²) in [6.07, 6.45) is 2.12. The van der Waals surface area contributed by atoms with Gasteiger partial charge in [-0.05, 0) is 55.4 Å². The van der Waals surface area contributed by atoms with Crippen molar-refractivity contribution in [3.05, 3.63) is 28.8 Å². The molecule has 0 aromatic heterocycles. The maximum absolute atomic E-state index is 6.43. The average molecular weight is 249 g/mol. The summed E-state index contributed by atoms with van der Waals surface area (Å²) < 4.78 is 10.7. The molecule has 18 heavy (non-hydrogen) atoms. The van der Waals surface area contributed by atoms with E-state index in [4.69, 9.17) is 15.2 Å². The number of rotatable bonds is 3. The molecule has 1 fully saturated rings. The Balaban J connectivity index is 2.23. The van der Waals surface area contributed by atoms with Crippen molar-refractivity contribution in [2.75, 3.05) is 20.3 Å².